The number of piperidine rings is 1. The van der Waals surface area contributed by atoms with E-state index < -0.39 is 0 Å². The molecule has 7 nitrogen and oxygen atoms in total. The molecule has 0 N–H and O–H groups in total. The zero-order valence-corrected chi connectivity index (χ0v) is 18.1. The third-order valence-corrected chi connectivity index (χ3v) is 6.54. The van der Waals surface area contributed by atoms with Gasteiger partial charge in [-0.3, -0.25) is 4.79 Å². The summed E-state index contributed by atoms with van der Waals surface area (Å²) in [5.41, 5.74) is 2.35. The number of morpholine rings is 1. The van der Waals surface area contributed by atoms with Crippen LogP contribution in [0.15, 0.2) is 24.3 Å². The van der Waals surface area contributed by atoms with Gasteiger partial charge in [0.05, 0.1) is 19.1 Å². The third kappa shape index (κ3) is 4.72. The van der Waals surface area contributed by atoms with Crippen molar-refractivity contribution in [1.29, 1.82) is 0 Å². The van der Waals surface area contributed by atoms with Crippen molar-refractivity contribution in [1.82, 2.24) is 14.7 Å². The third-order valence-electron chi connectivity index (χ3n) is 6.54. The van der Waals surface area contributed by atoms with Crippen molar-refractivity contribution in [2.75, 3.05) is 64.4 Å². The number of rotatable bonds is 4. The molecule has 0 radical (unpaired) electrons. The van der Waals surface area contributed by atoms with E-state index in [2.05, 4.69) is 23.1 Å². The molecule has 3 saturated heterocycles. The molecular weight excluding hydrogens is 380 g/mol. The molecule has 1 aromatic carbocycles. The summed E-state index contributed by atoms with van der Waals surface area (Å²) in [4.78, 5) is 34.0. The van der Waals surface area contributed by atoms with Crippen LogP contribution in [0.25, 0.3) is 0 Å². The Bertz CT molecular complexity index is 744. The van der Waals surface area contributed by atoms with Crippen LogP contribution in [0.2, 0.25) is 0 Å². The number of hydrogen-bond donors (Lipinski definition) is 0. The Labute approximate surface area is 179 Å². The average Bonchev–Trinajstić information content (AvgIpc) is 3.34. The number of para-hydroxylation sites is 1. The Hall–Kier alpha value is -2.28. The fourth-order valence-corrected chi connectivity index (χ4v) is 4.86. The smallest absolute Gasteiger partial charge is 0.320 e. The second kappa shape index (κ2) is 9.69. The Balaban J connectivity index is 1.38. The molecule has 0 bridgehead atoms. The van der Waals surface area contributed by atoms with Crippen molar-refractivity contribution >= 4 is 17.6 Å². The van der Waals surface area contributed by atoms with E-state index in [4.69, 9.17) is 4.74 Å². The highest BCUT2D eigenvalue weighted by Crippen LogP contribution is 2.25. The highest BCUT2D eigenvalue weighted by molar-refractivity contribution is 5.81. The second-order valence-electron chi connectivity index (χ2n) is 8.68. The van der Waals surface area contributed by atoms with Gasteiger partial charge in [0.15, 0.2) is 0 Å². The van der Waals surface area contributed by atoms with Crippen LogP contribution in [0.4, 0.5) is 10.5 Å². The van der Waals surface area contributed by atoms with Crippen LogP contribution < -0.4 is 4.90 Å². The Morgan fingerprint density at radius 1 is 1.00 bits per heavy atom. The second-order valence-corrected chi connectivity index (χ2v) is 8.68. The summed E-state index contributed by atoms with van der Waals surface area (Å²) in [7, 11) is 1.89. The molecular formula is C23H34N4O3. The van der Waals surface area contributed by atoms with E-state index >= 15 is 0 Å². The van der Waals surface area contributed by atoms with E-state index in [0.717, 1.165) is 77.2 Å². The largest absolute Gasteiger partial charge is 0.378 e. The van der Waals surface area contributed by atoms with Crippen LogP contribution in [0.1, 0.15) is 31.2 Å². The van der Waals surface area contributed by atoms with E-state index in [-0.39, 0.29) is 17.9 Å². The molecule has 4 rings (SSSR count). The normalized spacial score (nSPS) is 22.3. The quantitative estimate of drug-likeness (QED) is 0.759. The van der Waals surface area contributed by atoms with Gasteiger partial charge in [0.1, 0.15) is 0 Å². The Morgan fingerprint density at radius 3 is 2.47 bits per heavy atom. The van der Waals surface area contributed by atoms with Gasteiger partial charge in [0.25, 0.3) is 0 Å². The lowest BCUT2D eigenvalue weighted by Crippen LogP contribution is -2.49. The number of carbonyl (C=O) groups is 2. The van der Waals surface area contributed by atoms with Crippen LogP contribution in [0.3, 0.4) is 0 Å². The first-order valence-electron chi connectivity index (χ1n) is 11.3. The first-order chi connectivity index (χ1) is 14.6. The SMILES string of the molecule is CN(Cc1ccccc1N1CCOCC1)C(=O)[C@H]1CCCN(C(=O)N2CCCC2)C1. The zero-order valence-electron chi connectivity index (χ0n) is 18.1. The predicted molar refractivity (Wildman–Crippen MR) is 116 cm³/mol. The van der Waals surface area contributed by atoms with Crippen LogP contribution >= 0.6 is 0 Å². The molecule has 3 fully saturated rings. The van der Waals surface area contributed by atoms with Crippen LogP contribution in [-0.2, 0) is 16.1 Å². The molecule has 1 aromatic rings. The van der Waals surface area contributed by atoms with Gasteiger partial charge < -0.3 is 24.3 Å². The minimum absolute atomic E-state index is 0.106. The van der Waals surface area contributed by atoms with Gasteiger partial charge in [-0.05, 0) is 37.3 Å². The van der Waals surface area contributed by atoms with E-state index in [9.17, 15) is 9.59 Å². The summed E-state index contributed by atoms with van der Waals surface area (Å²) in [5, 5.41) is 0. The number of hydrogen-bond acceptors (Lipinski definition) is 4. The van der Waals surface area contributed by atoms with Crippen molar-refractivity contribution in [3.8, 4) is 0 Å². The fourth-order valence-electron chi connectivity index (χ4n) is 4.86. The number of likely N-dealkylation sites (tertiary alicyclic amines) is 2. The number of nitrogens with zero attached hydrogens (tertiary/aromatic N) is 4. The monoisotopic (exact) mass is 414 g/mol. The molecule has 0 unspecified atom stereocenters. The maximum Gasteiger partial charge on any atom is 0.320 e. The molecule has 3 aliphatic rings. The van der Waals surface area contributed by atoms with Crippen LogP contribution in [-0.4, -0.2) is 86.2 Å². The summed E-state index contributed by atoms with van der Waals surface area (Å²) in [6, 6.07) is 8.45. The fraction of sp³-hybridized carbons (Fsp3) is 0.652. The first kappa shape index (κ1) is 21.0. The number of ether oxygens (including phenoxy) is 1. The van der Waals surface area contributed by atoms with Crippen molar-refractivity contribution in [3.63, 3.8) is 0 Å². The van der Waals surface area contributed by atoms with Crippen molar-refractivity contribution < 1.29 is 14.3 Å². The van der Waals surface area contributed by atoms with Gasteiger partial charge in [0.2, 0.25) is 5.91 Å². The summed E-state index contributed by atoms with van der Waals surface area (Å²) < 4.78 is 5.48. The maximum atomic E-state index is 13.2. The Morgan fingerprint density at radius 2 is 1.70 bits per heavy atom. The average molecular weight is 415 g/mol. The van der Waals surface area contributed by atoms with Crippen LogP contribution in [0.5, 0.6) is 0 Å². The first-order valence-corrected chi connectivity index (χ1v) is 11.3. The van der Waals surface area contributed by atoms with Gasteiger partial charge in [-0.2, -0.15) is 0 Å². The van der Waals surface area contributed by atoms with E-state index in [1.54, 1.807) is 0 Å². The molecule has 3 amide bonds. The lowest BCUT2D eigenvalue weighted by atomic mass is 9.96. The number of anilines is 1. The minimum atomic E-state index is -0.106. The molecule has 3 heterocycles. The predicted octanol–water partition coefficient (Wildman–Crippen LogP) is 2.41. The number of urea groups is 1. The van der Waals surface area contributed by atoms with Gasteiger partial charge in [-0.1, -0.05) is 18.2 Å². The number of amides is 3. The number of benzene rings is 1. The summed E-state index contributed by atoms with van der Waals surface area (Å²) in [5.74, 6) is 0.0385. The Kier molecular flexibility index (Phi) is 6.77. The highest BCUT2D eigenvalue weighted by Gasteiger charge is 2.33. The molecule has 164 valence electrons. The minimum Gasteiger partial charge on any atom is -0.378 e. The van der Waals surface area contributed by atoms with E-state index in [1.807, 2.05) is 27.8 Å². The summed E-state index contributed by atoms with van der Waals surface area (Å²) in [6.45, 7) is 6.85. The van der Waals surface area contributed by atoms with E-state index in [1.165, 1.54) is 5.69 Å². The molecule has 7 heteroatoms. The molecule has 30 heavy (non-hydrogen) atoms. The molecule has 0 aromatic heterocycles. The van der Waals surface area contributed by atoms with Gasteiger partial charge >= 0.3 is 6.03 Å². The summed E-state index contributed by atoms with van der Waals surface area (Å²) >= 11 is 0. The molecule has 1 atom stereocenters. The molecule has 3 aliphatic heterocycles. The highest BCUT2D eigenvalue weighted by atomic mass is 16.5. The number of carbonyl (C=O) groups excluding carboxylic acids is 2. The molecule has 0 saturated carbocycles. The molecule has 0 aliphatic carbocycles. The van der Waals surface area contributed by atoms with E-state index in [0.29, 0.717) is 13.1 Å². The van der Waals surface area contributed by atoms with Crippen LogP contribution in [0, 0.1) is 5.92 Å². The van der Waals surface area contributed by atoms with Crippen molar-refractivity contribution in [3.05, 3.63) is 29.8 Å². The topological polar surface area (TPSA) is 56.3 Å². The van der Waals surface area contributed by atoms with Gasteiger partial charge in [-0.15, -0.1) is 0 Å². The standard InChI is InChI=1S/C23H34N4O3/c1-24(17-19-7-2-3-9-21(19)25-13-15-30-16-14-25)22(28)20-8-6-12-27(18-20)23(29)26-10-4-5-11-26/h2-3,7,9,20H,4-6,8,10-18H2,1H3/t20-/m0/s1. The maximum absolute atomic E-state index is 13.2. The van der Waals surface area contributed by atoms with Gasteiger partial charge in [0, 0.05) is 58.5 Å². The zero-order chi connectivity index (χ0) is 20.9. The molecule has 0 spiro atoms. The van der Waals surface area contributed by atoms with Crippen molar-refractivity contribution in [2.45, 2.75) is 32.2 Å². The lowest BCUT2D eigenvalue weighted by molar-refractivity contribution is -0.136. The van der Waals surface area contributed by atoms with Gasteiger partial charge in [-0.25, -0.2) is 4.79 Å². The lowest BCUT2D eigenvalue weighted by Gasteiger charge is -2.36. The van der Waals surface area contributed by atoms with Crippen molar-refractivity contribution in [2.24, 2.45) is 5.92 Å². The summed E-state index contributed by atoms with van der Waals surface area (Å²) in [6.07, 6.45) is 3.94.